The number of hydrogen-bond acceptors (Lipinski definition) is 3. The Balaban J connectivity index is 1.55. The maximum Gasteiger partial charge on any atom is 0.230 e. The van der Waals surface area contributed by atoms with E-state index in [1.807, 2.05) is 0 Å². The van der Waals surface area contributed by atoms with Gasteiger partial charge in [-0.05, 0) is 124 Å². The van der Waals surface area contributed by atoms with E-state index in [1.165, 1.54) is 25.7 Å². The summed E-state index contributed by atoms with van der Waals surface area (Å²) in [6.07, 6.45) is 12.2. The SMILES string of the molecule is CN(C)CCNC(=O)[C@]12CCC(C)(C)CC1=C1CC[C@@H]3[C@@]4(C)CC[C@H](O)C(C)(C)[C@@H]4CC[C@@]3(C)[C@]1(C)CC2. The van der Waals surface area contributed by atoms with Gasteiger partial charge in [-0.25, -0.2) is 0 Å². The lowest BCUT2D eigenvalue weighted by Crippen LogP contribution is -2.64. The van der Waals surface area contributed by atoms with Crippen LogP contribution in [0.3, 0.4) is 0 Å². The molecule has 4 fully saturated rings. The Morgan fingerprint density at radius 2 is 1.55 bits per heavy atom. The first kappa shape index (κ1) is 28.7. The van der Waals surface area contributed by atoms with E-state index in [1.54, 1.807) is 11.1 Å². The molecule has 0 aromatic heterocycles. The predicted octanol–water partition coefficient (Wildman–Crippen LogP) is 6.97. The van der Waals surface area contributed by atoms with Crippen molar-refractivity contribution in [2.24, 2.45) is 44.3 Å². The highest BCUT2D eigenvalue weighted by molar-refractivity contribution is 5.87. The monoisotopic (exact) mass is 526 g/mol. The Morgan fingerprint density at radius 3 is 2.24 bits per heavy atom. The predicted molar refractivity (Wildman–Crippen MR) is 157 cm³/mol. The maximum atomic E-state index is 14.0. The largest absolute Gasteiger partial charge is 0.393 e. The summed E-state index contributed by atoms with van der Waals surface area (Å²) in [6, 6.07) is 0. The van der Waals surface area contributed by atoms with Crippen molar-refractivity contribution in [1.82, 2.24) is 10.2 Å². The molecule has 4 saturated carbocycles. The van der Waals surface area contributed by atoms with E-state index < -0.39 is 0 Å². The molecule has 0 heterocycles. The van der Waals surface area contributed by atoms with Crippen molar-refractivity contribution in [3.05, 3.63) is 11.1 Å². The number of nitrogens with one attached hydrogen (secondary N) is 1. The second-order valence-corrected chi connectivity index (χ2v) is 16.8. The first-order chi connectivity index (χ1) is 17.5. The van der Waals surface area contributed by atoms with Gasteiger partial charge in [0.15, 0.2) is 0 Å². The smallest absolute Gasteiger partial charge is 0.230 e. The summed E-state index contributed by atoms with van der Waals surface area (Å²) >= 11 is 0. The number of nitrogens with zero attached hydrogens (tertiary/aromatic N) is 1. The molecule has 0 radical (unpaired) electrons. The number of fused-ring (bicyclic) bond motifs is 6. The number of carbonyl (C=O) groups is 1. The van der Waals surface area contributed by atoms with Crippen LogP contribution in [-0.4, -0.2) is 49.2 Å². The van der Waals surface area contributed by atoms with Crippen LogP contribution in [-0.2, 0) is 4.79 Å². The molecule has 216 valence electrons. The molecule has 1 amide bonds. The lowest BCUT2D eigenvalue weighted by Gasteiger charge is -2.71. The Hall–Kier alpha value is -0.870. The highest BCUT2D eigenvalue weighted by atomic mass is 16.3. The molecule has 7 atom stereocenters. The molecule has 0 aromatic carbocycles. The van der Waals surface area contributed by atoms with Gasteiger partial charge in [0.2, 0.25) is 5.91 Å². The number of aliphatic hydroxyl groups excluding tert-OH is 1. The number of hydrogen-bond donors (Lipinski definition) is 2. The van der Waals surface area contributed by atoms with Crippen LogP contribution >= 0.6 is 0 Å². The van der Waals surface area contributed by atoms with Gasteiger partial charge in [-0.1, -0.05) is 59.6 Å². The van der Waals surface area contributed by atoms with Crippen LogP contribution in [0.15, 0.2) is 11.1 Å². The molecular formula is C34H58N2O2. The van der Waals surface area contributed by atoms with E-state index in [9.17, 15) is 9.90 Å². The van der Waals surface area contributed by atoms with Crippen LogP contribution in [0.4, 0.5) is 0 Å². The molecular weight excluding hydrogens is 468 g/mol. The third-order valence-corrected chi connectivity index (χ3v) is 13.8. The zero-order valence-corrected chi connectivity index (χ0v) is 26.2. The standard InChI is InChI=1S/C34H58N2O2/c1-29(2)16-18-34(28(38)35-20-21-36(8)9)19-17-32(6)23(24(34)22-29)10-11-26-31(5)14-13-27(37)30(3,4)25(31)12-15-33(26,32)7/h25-27,37H,10-22H2,1-9H3,(H,35,38)/t25-,26+,27-,31-,32+,33+,34-/m0/s1. The minimum absolute atomic E-state index is 0.00622. The number of allylic oxidation sites excluding steroid dienone is 1. The zero-order valence-electron chi connectivity index (χ0n) is 26.2. The molecule has 0 aromatic rings. The summed E-state index contributed by atoms with van der Waals surface area (Å²) in [6.45, 7) is 19.0. The molecule has 5 aliphatic carbocycles. The molecule has 0 saturated heterocycles. The molecule has 0 spiro atoms. The summed E-state index contributed by atoms with van der Waals surface area (Å²) in [5.41, 5.74) is 3.92. The Bertz CT molecular complexity index is 996. The fourth-order valence-electron chi connectivity index (χ4n) is 11.2. The van der Waals surface area contributed by atoms with E-state index in [-0.39, 0.29) is 33.2 Å². The molecule has 2 N–H and O–H groups in total. The fraction of sp³-hybridized carbons (Fsp3) is 0.912. The normalized spacial score (nSPS) is 45.5. The molecule has 5 rings (SSSR count). The number of carbonyl (C=O) groups excluding carboxylic acids is 1. The molecule has 38 heavy (non-hydrogen) atoms. The maximum absolute atomic E-state index is 14.0. The van der Waals surface area contributed by atoms with Crippen molar-refractivity contribution < 1.29 is 9.90 Å². The Morgan fingerprint density at radius 1 is 0.868 bits per heavy atom. The highest BCUT2D eigenvalue weighted by Crippen LogP contribution is 2.75. The molecule has 0 unspecified atom stereocenters. The first-order valence-electron chi connectivity index (χ1n) is 15.9. The highest BCUT2D eigenvalue weighted by Gasteiger charge is 2.68. The van der Waals surface area contributed by atoms with Crippen LogP contribution in [0.2, 0.25) is 0 Å². The lowest BCUT2D eigenvalue weighted by molar-refractivity contribution is -0.204. The minimum Gasteiger partial charge on any atom is -0.393 e. The third-order valence-electron chi connectivity index (χ3n) is 13.8. The molecule has 0 aliphatic heterocycles. The number of amides is 1. The van der Waals surface area contributed by atoms with Gasteiger partial charge in [0, 0.05) is 13.1 Å². The average molecular weight is 527 g/mol. The van der Waals surface area contributed by atoms with Gasteiger partial charge in [-0.15, -0.1) is 0 Å². The summed E-state index contributed by atoms with van der Waals surface area (Å²) < 4.78 is 0. The van der Waals surface area contributed by atoms with E-state index >= 15 is 0 Å². The van der Waals surface area contributed by atoms with E-state index in [2.05, 4.69) is 72.8 Å². The first-order valence-corrected chi connectivity index (χ1v) is 15.9. The zero-order chi connectivity index (χ0) is 27.9. The number of rotatable bonds is 4. The van der Waals surface area contributed by atoms with Crippen molar-refractivity contribution in [1.29, 1.82) is 0 Å². The number of aliphatic hydroxyl groups is 1. The van der Waals surface area contributed by atoms with Gasteiger partial charge in [-0.2, -0.15) is 0 Å². The van der Waals surface area contributed by atoms with Gasteiger partial charge in [0.25, 0.3) is 0 Å². The Kier molecular flexibility index (Phi) is 6.84. The van der Waals surface area contributed by atoms with Crippen molar-refractivity contribution >= 4 is 5.91 Å². The van der Waals surface area contributed by atoms with Crippen LogP contribution in [0.25, 0.3) is 0 Å². The summed E-state index contributed by atoms with van der Waals surface area (Å²) in [7, 11) is 4.16. The average Bonchev–Trinajstić information content (AvgIpc) is 2.81. The molecule has 4 nitrogen and oxygen atoms in total. The summed E-state index contributed by atoms with van der Waals surface area (Å²) in [4.78, 5) is 16.2. The topological polar surface area (TPSA) is 52.6 Å². The van der Waals surface area contributed by atoms with Crippen LogP contribution < -0.4 is 5.32 Å². The van der Waals surface area contributed by atoms with Crippen molar-refractivity contribution in [2.75, 3.05) is 27.2 Å². The summed E-state index contributed by atoms with van der Waals surface area (Å²) in [5, 5.41) is 14.4. The van der Waals surface area contributed by atoms with E-state index in [0.717, 1.165) is 58.0 Å². The van der Waals surface area contributed by atoms with Crippen LogP contribution in [0, 0.1) is 44.3 Å². The lowest BCUT2D eigenvalue weighted by atomic mass is 9.34. The minimum atomic E-state index is -0.294. The fourth-order valence-corrected chi connectivity index (χ4v) is 11.2. The third kappa shape index (κ3) is 3.92. The summed E-state index contributed by atoms with van der Waals surface area (Å²) in [5.74, 6) is 1.59. The van der Waals surface area contributed by atoms with Crippen molar-refractivity contribution in [2.45, 2.75) is 125 Å². The van der Waals surface area contributed by atoms with Gasteiger partial charge >= 0.3 is 0 Å². The molecule has 5 aliphatic rings. The van der Waals surface area contributed by atoms with Crippen molar-refractivity contribution in [3.63, 3.8) is 0 Å². The van der Waals surface area contributed by atoms with Gasteiger partial charge in [-0.3, -0.25) is 4.79 Å². The van der Waals surface area contributed by atoms with Gasteiger partial charge in [0.1, 0.15) is 0 Å². The van der Waals surface area contributed by atoms with Crippen LogP contribution in [0.1, 0.15) is 119 Å². The number of likely N-dealkylation sites (N-methyl/N-ethyl adjacent to an activating group) is 1. The van der Waals surface area contributed by atoms with Gasteiger partial charge < -0.3 is 15.3 Å². The molecule has 4 heteroatoms. The van der Waals surface area contributed by atoms with Crippen molar-refractivity contribution in [3.8, 4) is 0 Å². The van der Waals surface area contributed by atoms with Crippen LogP contribution in [0.5, 0.6) is 0 Å². The second-order valence-electron chi connectivity index (χ2n) is 16.8. The Labute approximate surface area is 233 Å². The van der Waals surface area contributed by atoms with E-state index in [4.69, 9.17) is 0 Å². The second kappa shape index (κ2) is 9.07. The van der Waals surface area contributed by atoms with Gasteiger partial charge in [0.05, 0.1) is 11.5 Å². The van der Waals surface area contributed by atoms with E-state index in [0.29, 0.717) is 23.2 Å². The quantitative estimate of drug-likeness (QED) is 0.389. The molecule has 0 bridgehead atoms.